The zero-order chi connectivity index (χ0) is 22.5. The summed E-state index contributed by atoms with van der Waals surface area (Å²) in [6.45, 7) is 2.26. The average Bonchev–Trinajstić information content (AvgIpc) is 3.54. The van der Waals surface area contributed by atoms with E-state index >= 15 is 0 Å². The number of hydrogen-bond acceptors (Lipinski definition) is 7. The maximum atomic E-state index is 13.6. The number of aryl methyl sites for hydroxylation is 2. The Kier molecular flexibility index (Phi) is 4.95. The van der Waals surface area contributed by atoms with Gasteiger partial charge < -0.3 is 9.40 Å². The second kappa shape index (κ2) is 8.00. The lowest BCUT2D eigenvalue weighted by molar-refractivity contribution is 0.476. The molecule has 0 radical (unpaired) electrons. The Labute approximate surface area is 196 Å². The SMILES string of the molecule is CC(Sc1nc2sc3c(c2c(=O)n1Cc1ccco1)CCC3)c1nc2ccccc2c(=O)[nH]1. The van der Waals surface area contributed by atoms with E-state index in [0.29, 0.717) is 34.2 Å². The summed E-state index contributed by atoms with van der Waals surface area (Å²) in [6, 6.07) is 10.9. The van der Waals surface area contributed by atoms with E-state index in [1.54, 1.807) is 28.2 Å². The molecule has 1 N–H and O–H groups in total. The number of nitrogens with one attached hydrogen (secondary N) is 1. The summed E-state index contributed by atoms with van der Waals surface area (Å²) in [4.78, 5) is 40.7. The molecule has 4 aromatic heterocycles. The van der Waals surface area contributed by atoms with E-state index in [4.69, 9.17) is 9.40 Å². The van der Waals surface area contributed by atoms with Crippen LogP contribution < -0.4 is 11.1 Å². The van der Waals surface area contributed by atoms with Gasteiger partial charge in [0.1, 0.15) is 16.4 Å². The summed E-state index contributed by atoms with van der Waals surface area (Å²) in [5.74, 6) is 1.24. The maximum absolute atomic E-state index is 13.6. The summed E-state index contributed by atoms with van der Waals surface area (Å²) in [7, 11) is 0. The Bertz CT molecular complexity index is 1620. The molecule has 166 valence electrons. The van der Waals surface area contributed by atoms with Gasteiger partial charge in [0.25, 0.3) is 11.1 Å². The van der Waals surface area contributed by atoms with E-state index in [-0.39, 0.29) is 16.4 Å². The molecule has 6 rings (SSSR count). The number of rotatable bonds is 5. The minimum atomic E-state index is -0.221. The molecule has 0 saturated carbocycles. The van der Waals surface area contributed by atoms with E-state index in [1.165, 1.54) is 16.6 Å². The smallest absolute Gasteiger partial charge is 0.263 e. The number of aromatic nitrogens is 4. The van der Waals surface area contributed by atoms with Crippen molar-refractivity contribution in [2.75, 3.05) is 0 Å². The van der Waals surface area contributed by atoms with Crippen molar-refractivity contribution in [2.45, 2.75) is 43.1 Å². The quantitative estimate of drug-likeness (QED) is 0.292. The maximum Gasteiger partial charge on any atom is 0.263 e. The molecule has 0 amide bonds. The number of hydrogen-bond donors (Lipinski definition) is 1. The van der Waals surface area contributed by atoms with Crippen molar-refractivity contribution in [1.82, 2.24) is 19.5 Å². The van der Waals surface area contributed by atoms with Crippen LogP contribution in [0.1, 0.15) is 40.6 Å². The first-order chi connectivity index (χ1) is 16.1. The van der Waals surface area contributed by atoms with Crippen LogP contribution in [-0.4, -0.2) is 19.5 Å². The molecule has 4 heterocycles. The fraction of sp³-hybridized carbons (Fsp3) is 0.250. The second-order valence-electron chi connectivity index (χ2n) is 8.13. The van der Waals surface area contributed by atoms with Crippen LogP contribution in [0.4, 0.5) is 0 Å². The number of aromatic amines is 1. The lowest BCUT2D eigenvalue weighted by Crippen LogP contribution is -2.24. The average molecular weight is 477 g/mol. The number of nitrogens with zero attached hydrogens (tertiary/aromatic N) is 3. The molecule has 1 unspecified atom stereocenters. The van der Waals surface area contributed by atoms with E-state index in [2.05, 4.69) is 9.97 Å². The van der Waals surface area contributed by atoms with E-state index in [0.717, 1.165) is 35.0 Å². The molecule has 1 aromatic carbocycles. The van der Waals surface area contributed by atoms with Gasteiger partial charge in [0, 0.05) is 4.88 Å². The Balaban J connectivity index is 1.46. The van der Waals surface area contributed by atoms with Crippen LogP contribution in [0.5, 0.6) is 0 Å². The van der Waals surface area contributed by atoms with Gasteiger partial charge in [0.2, 0.25) is 0 Å². The van der Waals surface area contributed by atoms with Crippen molar-refractivity contribution in [2.24, 2.45) is 0 Å². The summed E-state index contributed by atoms with van der Waals surface area (Å²) >= 11 is 3.04. The molecule has 0 aliphatic heterocycles. The van der Waals surface area contributed by atoms with Crippen LogP contribution in [-0.2, 0) is 19.4 Å². The Morgan fingerprint density at radius 2 is 2.06 bits per heavy atom. The van der Waals surface area contributed by atoms with Gasteiger partial charge in [-0.3, -0.25) is 14.2 Å². The molecule has 1 atom stereocenters. The molecular formula is C24H20N4O3S2. The first-order valence-corrected chi connectivity index (χ1v) is 12.5. The number of benzene rings is 1. The molecule has 9 heteroatoms. The third-order valence-corrected chi connectivity index (χ3v) is 8.27. The van der Waals surface area contributed by atoms with Gasteiger partial charge in [-0.05, 0) is 56.0 Å². The summed E-state index contributed by atoms with van der Waals surface area (Å²) in [6.07, 6.45) is 4.63. The molecule has 0 spiro atoms. The highest BCUT2D eigenvalue weighted by Gasteiger charge is 2.25. The number of thioether (sulfide) groups is 1. The van der Waals surface area contributed by atoms with Crippen molar-refractivity contribution in [1.29, 1.82) is 0 Å². The molecule has 7 nitrogen and oxygen atoms in total. The second-order valence-corrected chi connectivity index (χ2v) is 10.5. The minimum Gasteiger partial charge on any atom is -0.467 e. The van der Waals surface area contributed by atoms with Crippen molar-refractivity contribution < 1.29 is 4.42 Å². The van der Waals surface area contributed by atoms with Crippen LogP contribution in [0.3, 0.4) is 0 Å². The first-order valence-electron chi connectivity index (χ1n) is 10.8. The highest BCUT2D eigenvalue weighted by molar-refractivity contribution is 7.99. The Morgan fingerprint density at radius 3 is 2.91 bits per heavy atom. The highest BCUT2D eigenvalue weighted by atomic mass is 32.2. The Hall–Kier alpha value is -3.17. The molecular weight excluding hydrogens is 456 g/mol. The minimum absolute atomic E-state index is 0.0366. The van der Waals surface area contributed by atoms with Crippen molar-refractivity contribution in [3.8, 4) is 0 Å². The van der Waals surface area contributed by atoms with Gasteiger partial charge in [-0.25, -0.2) is 9.97 Å². The van der Waals surface area contributed by atoms with E-state index < -0.39 is 0 Å². The number of furan rings is 1. The molecule has 1 aliphatic rings. The van der Waals surface area contributed by atoms with Crippen molar-refractivity contribution in [3.05, 3.63) is 85.4 Å². The predicted octanol–water partition coefficient (Wildman–Crippen LogP) is 4.68. The topological polar surface area (TPSA) is 93.8 Å². The first kappa shape index (κ1) is 20.4. The van der Waals surface area contributed by atoms with Crippen LogP contribution in [0.15, 0.2) is 61.8 Å². The fourth-order valence-corrected chi connectivity index (χ4v) is 6.62. The van der Waals surface area contributed by atoms with Crippen molar-refractivity contribution >= 4 is 44.2 Å². The third kappa shape index (κ3) is 3.52. The zero-order valence-electron chi connectivity index (χ0n) is 17.8. The van der Waals surface area contributed by atoms with Crippen LogP contribution >= 0.6 is 23.1 Å². The lowest BCUT2D eigenvalue weighted by Gasteiger charge is -2.15. The molecule has 33 heavy (non-hydrogen) atoms. The molecule has 0 saturated heterocycles. The Morgan fingerprint density at radius 1 is 1.18 bits per heavy atom. The monoisotopic (exact) mass is 476 g/mol. The molecule has 0 fully saturated rings. The van der Waals surface area contributed by atoms with Crippen LogP contribution in [0.25, 0.3) is 21.1 Å². The number of fused-ring (bicyclic) bond motifs is 4. The van der Waals surface area contributed by atoms with Gasteiger partial charge in [0.05, 0.1) is 34.3 Å². The normalized spacial score (nSPS) is 14.2. The summed E-state index contributed by atoms with van der Waals surface area (Å²) in [5, 5.41) is 1.67. The van der Waals surface area contributed by atoms with Gasteiger partial charge in [-0.2, -0.15) is 0 Å². The van der Waals surface area contributed by atoms with Gasteiger partial charge in [-0.15, -0.1) is 11.3 Å². The zero-order valence-corrected chi connectivity index (χ0v) is 19.5. The number of H-pyrrole nitrogens is 1. The van der Waals surface area contributed by atoms with Gasteiger partial charge in [-0.1, -0.05) is 23.9 Å². The van der Waals surface area contributed by atoms with Crippen molar-refractivity contribution in [3.63, 3.8) is 0 Å². The lowest BCUT2D eigenvalue weighted by atomic mass is 10.2. The van der Waals surface area contributed by atoms with Gasteiger partial charge in [0.15, 0.2) is 5.16 Å². The molecule has 1 aliphatic carbocycles. The molecule has 0 bridgehead atoms. The highest BCUT2D eigenvalue weighted by Crippen LogP contribution is 2.38. The third-order valence-electron chi connectivity index (χ3n) is 5.98. The van der Waals surface area contributed by atoms with Crippen LogP contribution in [0, 0.1) is 0 Å². The van der Waals surface area contributed by atoms with Crippen LogP contribution in [0.2, 0.25) is 0 Å². The summed E-state index contributed by atoms with van der Waals surface area (Å²) < 4.78 is 7.22. The van der Waals surface area contributed by atoms with Gasteiger partial charge >= 0.3 is 0 Å². The van der Waals surface area contributed by atoms with E-state index in [1.807, 2.05) is 37.3 Å². The molecule has 5 aromatic rings. The fourth-order valence-electron chi connectivity index (χ4n) is 4.36. The summed E-state index contributed by atoms with van der Waals surface area (Å²) in [5.41, 5.74) is 1.60. The van der Waals surface area contributed by atoms with E-state index in [9.17, 15) is 9.59 Å². The number of thiophene rings is 1. The predicted molar refractivity (Wildman–Crippen MR) is 130 cm³/mol. The number of para-hydroxylation sites is 1. The largest absolute Gasteiger partial charge is 0.467 e. The standard InChI is InChI=1S/C24H20N4O3S2/c1-13(20-25-17-9-3-2-7-15(17)21(29)26-20)32-24-27-22-19(16-8-4-10-18(16)33-22)23(30)28(24)12-14-6-5-11-31-14/h2-3,5-7,9,11,13H,4,8,10,12H2,1H3,(H,25,26,29).